The van der Waals surface area contributed by atoms with Crippen LogP contribution in [0.2, 0.25) is 0 Å². The Morgan fingerprint density at radius 2 is 2.11 bits per heavy atom. The molecule has 6 heteroatoms. The van der Waals surface area contributed by atoms with Gasteiger partial charge in [-0.05, 0) is 31.1 Å². The number of rotatable bonds is 5. The van der Waals surface area contributed by atoms with Gasteiger partial charge in [-0.3, -0.25) is 10.1 Å². The van der Waals surface area contributed by atoms with Crippen LogP contribution in [0.5, 0.6) is 0 Å². The van der Waals surface area contributed by atoms with Crippen LogP contribution in [-0.2, 0) is 4.79 Å². The molecule has 0 saturated carbocycles. The summed E-state index contributed by atoms with van der Waals surface area (Å²) < 4.78 is 0. The van der Waals surface area contributed by atoms with E-state index in [0.29, 0.717) is 12.3 Å². The normalized spacial score (nSPS) is 23.2. The van der Waals surface area contributed by atoms with E-state index in [0.717, 1.165) is 6.42 Å². The summed E-state index contributed by atoms with van der Waals surface area (Å²) in [7, 11) is 0. The van der Waals surface area contributed by atoms with Gasteiger partial charge in [-0.15, -0.1) is 6.58 Å². The number of aliphatic imine (C=N–C) groups is 1. The second-order valence-corrected chi connectivity index (χ2v) is 4.68. The Morgan fingerprint density at radius 1 is 1.50 bits per heavy atom. The fourth-order valence-corrected chi connectivity index (χ4v) is 1.83. The maximum Gasteiger partial charge on any atom is 1.00 e. The average molecular weight is 260 g/mol. The van der Waals surface area contributed by atoms with Crippen molar-refractivity contribution >= 4 is 17.8 Å². The van der Waals surface area contributed by atoms with Gasteiger partial charge in [0.1, 0.15) is 0 Å². The van der Waals surface area contributed by atoms with Gasteiger partial charge in [0.05, 0.1) is 5.41 Å². The Kier molecular flexibility index (Phi) is 6.81. The van der Waals surface area contributed by atoms with E-state index < -0.39 is 23.3 Å². The molecule has 3 amide bonds. The molecule has 0 aromatic heterocycles. The third-order valence-corrected chi connectivity index (χ3v) is 2.91. The van der Waals surface area contributed by atoms with Crippen molar-refractivity contribution in [3.05, 3.63) is 12.7 Å². The molecule has 0 radical (unpaired) electrons. The monoisotopic (exact) mass is 260 g/mol. The molecule has 18 heavy (non-hydrogen) atoms. The van der Waals surface area contributed by atoms with E-state index in [1.54, 1.807) is 0 Å². The van der Waals surface area contributed by atoms with Crippen molar-refractivity contribution in [2.75, 3.05) is 0 Å². The number of carbonyl (C=O) groups excluding carboxylic acids is 2. The molecule has 1 heterocycles. The van der Waals surface area contributed by atoms with Crippen LogP contribution in [0.4, 0.5) is 4.79 Å². The summed E-state index contributed by atoms with van der Waals surface area (Å²) in [6, 6.07) is -0.871. The minimum Gasteiger partial charge on any atom is -0.861 e. The maximum atomic E-state index is 11.9. The Bertz CT molecular complexity index is 380. The number of urea groups is 1. The zero-order chi connectivity index (χ0) is 13.1. The van der Waals surface area contributed by atoms with E-state index in [9.17, 15) is 14.7 Å². The fourth-order valence-electron chi connectivity index (χ4n) is 1.83. The topological polar surface area (TPSA) is 81.6 Å². The van der Waals surface area contributed by atoms with Crippen molar-refractivity contribution in [3.8, 4) is 0 Å². The zero-order valence-corrected chi connectivity index (χ0v) is 13.2. The second-order valence-electron chi connectivity index (χ2n) is 4.68. The molecule has 0 aliphatic carbocycles. The summed E-state index contributed by atoms with van der Waals surface area (Å²) >= 11 is 0. The Balaban J connectivity index is 0.00000289. The maximum absolute atomic E-state index is 11.9. The predicted octanol–water partition coefficient (Wildman–Crippen LogP) is -2.00. The van der Waals surface area contributed by atoms with Crippen molar-refractivity contribution in [1.82, 2.24) is 5.32 Å². The van der Waals surface area contributed by atoms with E-state index in [1.807, 2.05) is 13.8 Å². The first-order valence-corrected chi connectivity index (χ1v) is 5.65. The summed E-state index contributed by atoms with van der Waals surface area (Å²) in [5, 5.41) is 13.9. The number of amides is 3. The fraction of sp³-hybridized carbons (Fsp3) is 0.583. The van der Waals surface area contributed by atoms with Gasteiger partial charge in [0.25, 0.3) is 0 Å². The van der Waals surface area contributed by atoms with Crippen molar-refractivity contribution in [2.45, 2.75) is 33.1 Å². The first-order valence-electron chi connectivity index (χ1n) is 5.65. The van der Waals surface area contributed by atoms with E-state index >= 15 is 0 Å². The van der Waals surface area contributed by atoms with Crippen LogP contribution >= 0.6 is 0 Å². The van der Waals surface area contributed by atoms with Crippen LogP contribution in [0.1, 0.15) is 33.1 Å². The average Bonchev–Trinajstić information content (AvgIpc) is 2.21. The molecule has 1 atom stereocenters. The quantitative estimate of drug-likeness (QED) is 0.458. The summed E-state index contributed by atoms with van der Waals surface area (Å²) in [6.07, 6.45) is 2.83. The third kappa shape index (κ3) is 3.67. The molecular weight excluding hydrogens is 243 g/mol. The molecular formula is C12H17N2NaO3. The summed E-state index contributed by atoms with van der Waals surface area (Å²) in [6.45, 7) is 7.57. The minimum absolute atomic E-state index is 0. The number of nitrogens with zero attached hydrogens (tertiary/aromatic N) is 1. The molecule has 0 aromatic rings. The van der Waals surface area contributed by atoms with Crippen LogP contribution in [-0.4, -0.2) is 17.8 Å². The summed E-state index contributed by atoms with van der Waals surface area (Å²) in [5.74, 6) is -0.829. The molecule has 1 aliphatic rings. The SMILES string of the molecule is C=CCC1(CCC(C)C)C(=O)NC(=O)N=C1[O-].[Na+]. The van der Waals surface area contributed by atoms with E-state index in [2.05, 4.69) is 16.9 Å². The molecule has 0 fully saturated rings. The molecule has 94 valence electrons. The number of carbonyl (C=O) groups is 2. The number of nitrogens with one attached hydrogen (secondary N) is 1. The molecule has 5 nitrogen and oxygen atoms in total. The van der Waals surface area contributed by atoms with Crippen LogP contribution in [0.25, 0.3) is 0 Å². The summed E-state index contributed by atoms with van der Waals surface area (Å²) in [4.78, 5) is 26.2. The van der Waals surface area contributed by atoms with E-state index in [4.69, 9.17) is 0 Å². The molecule has 1 aliphatic heterocycles. The number of hydrogen-bond acceptors (Lipinski definition) is 3. The molecule has 0 aromatic carbocycles. The zero-order valence-electron chi connectivity index (χ0n) is 11.2. The minimum atomic E-state index is -1.24. The van der Waals surface area contributed by atoms with Gasteiger partial charge in [0.15, 0.2) is 0 Å². The van der Waals surface area contributed by atoms with Crippen LogP contribution in [0.3, 0.4) is 0 Å². The van der Waals surface area contributed by atoms with Gasteiger partial charge in [-0.25, -0.2) is 9.79 Å². The number of imide groups is 1. The molecule has 1 rings (SSSR count). The molecule has 1 unspecified atom stereocenters. The Morgan fingerprint density at radius 3 is 2.56 bits per heavy atom. The van der Waals surface area contributed by atoms with Crippen molar-refractivity contribution in [2.24, 2.45) is 16.3 Å². The number of allylic oxidation sites excluding steroid dienone is 1. The van der Waals surface area contributed by atoms with Gasteiger partial charge in [-0.1, -0.05) is 19.9 Å². The number of hydrogen-bond donors (Lipinski definition) is 1. The van der Waals surface area contributed by atoms with E-state index in [-0.39, 0.29) is 36.0 Å². The molecule has 0 bridgehead atoms. The van der Waals surface area contributed by atoms with E-state index in [1.165, 1.54) is 6.08 Å². The molecule has 0 spiro atoms. The van der Waals surface area contributed by atoms with Crippen molar-refractivity contribution in [1.29, 1.82) is 0 Å². The van der Waals surface area contributed by atoms with Gasteiger partial charge in [-0.2, -0.15) is 0 Å². The van der Waals surface area contributed by atoms with Crippen LogP contribution in [0.15, 0.2) is 17.6 Å². The first kappa shape index (κ1) is 17.4. The largest absolute Gasteiger partial charge is 1.00 e. The van der Waals surface area contributed by atoms with Crippen molar-refractivity contribution < 1.29 is 44.3 Å². The first-order chi connectivity index (χ1) is 7.92. The van der Waals surface area contributed by atoms with Gasteiger partial charge >= 0.3 is 35.6 Å². The van der Waals surface area contributed by atoms with Crippen molar-refractivity contribution in [3.63, 3.8) is 0 Å². The Labute approximate surface area is 129 Å². The second kappa shape index (κ2) is 7.07. The standard InChI is InChI=1S/C12H18N2O3.Na/c1-4-6-12(7-5-8(2)3)9(15)13-11(17)14-10(12)16;/h4,8H,1,5-7H2,2-3H3,(H2,13,14,15,16,17);/q;+1/p-1. The molecule has 1 N–H and O–H groups in total. The van der Waals surface area contributed by atoms with Gasteiger partial charge in [0, 0.05) is 0 Å². The third-order valence-electron chi connectivity index (χ3n) is 2.91. The summed E-state index contributed by atoms with van der Waals surface area (Å²) in [5.41, 5.74) is -1.24. The van der Waals surface area contributed by atoms with Crippen LogP contribution < -0.4 is 40.0 Å². The smallest absolute Gasteiger partial charge is 0.861 e. The van der Waals surface area contributed by atoms with Gasteiger partial charge in [0.2, 0.25) is 5.91 Å². The molecule has 0 saturated heterocycles. The Hall–Kier alpha value is -0.650. The van der Waals surface area contributed by atoms with Crippen LogP contribution in [0, 0.1) is 11.3 Å². The predicted molar refractivity (Wildman–Crippen MR) is 62.3 cm³/mol. The van der Waals surface area contributed by atoms with Gasteiger partial charge < -0.3 is 5.11 Å².